The number of hydrogen-bond donors (Lipinski definition) is 0. The lowest BCUT2D eigenvalue weighted by atomic mass is 9.98. The van der Waals surface area contributed by atoms with Gasteiger partial charge in [-0.05, 0) is 41.8 Å². The molecular weight excluding hydrogens is 413 g/mol. The fraction of sp³-hybridized carbons (Fsp3) is 0.286. The van der Waals surface area contributed by atoms with Gasteiger partial charge >= 0.3 is 6.18 Å². The minimum absolute atomic E-state index is 0.0269. The van der Waals surface area contributed by atoms with Crippen molar-refractivity contribution in [2.24, 2.45) is 0 Å². The van der Waals surface area contributed by atoms with Crippen molar-refractivity contribution >= 4 is 5.91 Å². The molecule has 0 atom stereocenters. The van der Waals surface area contributed by atoms with Gasteiger partial charge in [0.25, 0.3) is 5.91 Å². The molecule has 162 valence electrons. The fourth-order valence-electron chi connectivity index (χ4n) is 3.61. The van der Waals surface area contributed by atoms with E-state index in [1.807, 2.05) is 12.1 Å². The summed E-state index contributed by atoms with van der Waals surface area (Å²) in [6.45, 7) is 0.758. The Balaban J connectivity index is 1.58. The van der Waals surface area contributed by atoms with Crippen molar-refractivity contribution < 1.29 is 27.4 Å². The largest absolute Gasteiger partial charge is 0.493 e. The fourth-order valence-corrected chi connectivity index (χ4v) is 3.61. The topological polar surface area (TPSA) is 69.5 Å². The average Bonchev–Trinajstić information content (AvgIpc) is 3.26. The van der Waals surface area contributed by atoms with Gasteiger partial charge in [0.15, 0.2) is 17.2 Å². The van der Waals surface area contributed by atoms with Crippen LogP contribution in [0, 0.1) is 0 Å². The molecule has 0 saturated carbocycles. The molecule has 0 spiro atoms. The number of para-hydroxylation sites is 1. The summed E-state index contributed by atoms with van der Waals surface area (Å²) in [4.78, 5) is 14.5. The molecule has 1 aliphatic rings. The third kappa shape index (κ3) is 3.92. The van der Waals surface area contributed by atoms with E-state index >= 15 is 0 Å². The summed E-state index contributed by atoms with van der Waals surface area (Å²) >= 11 is 0. The van der Waals surface area contributed by atoms with E-state index in [1.54, 1.807) is 12.0 Å². The Bertz CT molecular complexity index is 1130. The first-order valence-corrected chi connectivity index (χ1v) is 9.44. The molecule has 10 heteroatoms. The van der Waals surface area contributed by atoms with E-state index in [4.69, 9.17) is 9.47 Å². The summed E-state index contributed by atoms with van der Waals surface area (Å²) < 4.78 is 51.5. The zero-order valence-corrected chi connectivity index (χ0v) is 16.8. The standard InChI is InChI=1S/C21H19F3N4O3/c1-30-18-9-13-7-8-27(11-14(13)10-19(18)31-2)20(29)16-12-28(26-25-16)17-6-4-3-5-15(17)21(22,23)24/h3-6,9-10,12H,7-8,11H2,1-2H3. The van der Waals surface area contributed by atoms with Crippen LogP contribution >= 0.6 is 0 Å². The molecule has 0 bridgehead atoms. The number of amides is 1. The molecule has 7 nitrogen and oxygen atoms in total. The SMILES string of the molecule is COc1cc2c(cc1OC)CN(C(=O)c1cn(-c3ccccc3C(F)(F)F)nn1)CC2. The lowest BCUT2D eigenvalue weighted by molar-refractivity contribution is -0.137. The minimum Gasteiger partial charge on any atom is -0.493 e. The number of fused-ring (bicyclic) bond motifs is 1. The van der Waals surface area contributed by atoms with Crippen LogP contribution in [0.5, 0.6) is 11.5 Å². The first-order valence-electron chi connectivity index (χ1n) is 9.44. The molecule has 0 radical (unpaired) electrons. The highest BCUT2D eigenvalue weighted by Crippen LogP contribution is 2.34. The van der Waals surface area contributed by atoms with Gasteiger partial charge in [-0.15, -0.1) is 5.10 Å². The van der Waals surface area contributed by atoms with Gasteiger partial charge in [-0.3, -0.25) is 4.79 Å². The number of ether oxygens (including phenoxy) is 2. The van der Waals surface area contributed by atoms with E-state index in [0.717, 1.165) is 21.9 Å². The summed E-state index contributed by atoms with van der Waals surface area (Å²) in [7, 11) is 3.09. The van der Waals surface area contributed by atoms with Gasteiger partial charge in [0.1, 0.15) is 0 Å². The predicted molar refractivity (Wildman–Crippen MR) is 104 cm³/mol. The zero-order chi connectivity index (χ0) is 22.2. The number of benzene rings is 2. The quantitative estimate of drug-likeness (QED) is 0.631. The van der Waals surface area contributed by atoms with Gasteiger partial charge in [-0.1, -0.05) is 17.3 Å². The molecule has 0 N–H and O–H groups in total. The number of alkyl halides is 3. The van der Waals surface area contributed by atoms with Crippen LogP contribution in [0.3, 0.4) is 0 Å². The lowest BCUT2D eigenvalue weighted by Crippen LogP contribution is -2.36. The average molecular weight is 432 g/mol. The van der Waals surface area contributed by atoms with Crippen molar-refractivity contribution in [3.05, 3.63) is 65.0 Å². The van der Waals surface area contributed by atoms with Crippen molar-refractivity contribution in [1.29, 1.82) is 0 Å². The monoisotopic (exact) mass is 432 g/mol. The van der Waals surface area contributed by atoms with E-state index < -0.39 is 17.6 Å². The Morgan fingerprint density at radius 1 is 1.06 bits per heavy atom. The predicted octanol–water partition coefficient (Wildman–Crippen LogP) is 3.50. The van der Waals surface area contributed by atoms with Crippen LogP contribution in [-0.2, 0) is 19.1 Å². The highest BCUT2D eigenvalue weighted by molar-refractivity contribution is 5.92. The van der Waals surface area contributed by atoms with Crippen LogP contribution in [0.4, 0.5) is 13.2 Å². The molecule has 2 aromatic carbocycles. The lowest BCUT2D eigenvalue weighted by Gasteiger charge is -2.29. The zero-order valence-electron chi connectivity index (χ0n) is 16.8. The van der Waals surface area contributed by atoms with Gasteiger partial charge in [-0.2, -0.15) is 13.2 Å². The van der Waals surface area contributed by atoms with E-state index in [9.17, 15) is 18.0 Å². The van der Waals surface area contributed by atoms with Gasteiger partial charge in [0.2, 0.25) is 0 Å². The second-order valence-corrected chi connectivity index (χ2v) is 7.02. The summed E-state index contributed by atoms with van der Waals surface area (Å²) in [5, 5.41) is 7.57. The number of carbonyl (C=O) groups is 1. The van der Waals surface area contributed by atoms with Crippen molar-refractivity contribution in [2.75, 3.05) is 20.8 Å². The van der Waals surface area contributed by atoms with Crippen LogP contribution in [0.25, 0.3) is 5.69 Å². The van der Waals surface area contributed by atoms with E-state index in [1.165, 1.54) is 31.5 Å². The van der Waals surface area contributed by atoms with Gasteiger partial charge in [0, 0.05) is 13.1 Å². The summed E-state index contributed by atoms with van der Waals surface area (Å²) in [6, 6.07) is 8.72. The third-order valence-corrected chi connectivity index (χ3v) is 5.17. The molecule has 0 saturated heterocycles. The third-order valence-electron chi connectivity index (χ3n) is 5.17. The Morgan fingerprint density at radius 3 is 2.42 bits per heavy atom. The number of nitrogens with zero attached hydrogens (tertiary/aromatic N) is 4. The molecular formula is C21H19F3N4O3. The molecule has 0 fully saturated rings. The highest BCUT2D eigenvalue weighted by atomic mass is 19.4. The number of carbonyl (C=O) groups excluding carboxylic acids is 1. The minimum atomic E-state index is -4.55. The molecule has 2 heterocycles. The normalized spacial score (nSPS) is 13.6. The van der Waals surface area contributed by atoms with Crippen LogP contribution in [0.15, 0.2) is 42.6 Å². The van der Waals surface area contributed by atoms with Crippen molar-refractivity contribution in [1.82, 2.24) is 19.9 Å². The molecule has 1 amide bonds. The van der Waals surface area contributed by atoms with E-state index in [-0.39, 0.29) is 11.4 Å². The van der Waals surface area contributed by atoms with Gasteiger partial charge in [0.05, 0.1) is 31.7 Å². The second-order valence-electron chi connectivity index (χ2n) is 7.02. The Morgan fingerprint density at radius 2 is 1.74 bits per heavy atom. The number of rotatable bonds is 4. The van der Waals surface area contributed by atoms with Crippen molar-refractivity contribution in [3.63, 3.8) is 0 Å². The number of methoxy groups -OCH3 is 2. The summed E-state index contributed by atoms with van der Waals surface area (Å²) in [5.74, 6) is 0.772. The summed E-state index contributed by atoms with van der Waals surface area (Å²) in [5.41, 5.74) is 0.881. The molecule has 0 aliphatic carbocycles. The Labute approximate surface area is 176 Å². The maximum absolute atomic E-state index is 13.3. The second kappa shape index (κ2) is 7.93. The van der Waals surface area contributed by atoms with Gasteiger partial charge < -0.3 is 14.4 Å². The van der Waals surface area contributed by atoms with Crippen LogP contribution in [-0.4, -0.2) is 46.6 Å². The first kappa shape index (κ1) is 20.7. The van der Waals surface area contributed by atoms with Gasteiger partial charge in [-0.25, -0.2) is 4.68 Å². The number of halogens is 3. The van der Waals surface area contributed by atoms with Crippen LogP contribution < -0.4 is 9.47 Å². The Hall–Kier alpha value is -3.56. The van der Waals surface area contributed by atoms with E-state index in [2.05, 4.69) is 10.3 Å². The molecule has 4 rings (SSSR count). The Kier molecular flexibility index (Phi) is 5.30. The molecule has 1 aliphatic heterocycles. The molecule has 0 unspecified atom stereocenters. The van der Waals surface area contributed by atoms with Crippen LogP contribution in [0.1, 0.15) is 27.2 Å². The first-order chi connectivity index (χ1) is 14.8. The molecule has 31 heavy (non-hydrogen) atoms. The van der Waals surface area contributed by atoms with Crippen molar-refractivity contribution in [3.8, 4) is 17.2 Å². The molecule has 3 aromatic rings. The maximum atomic E-state index is 13.3. The summed E-state index contributed by atoms with van der Waals surface area (Å²) in [6.07, 6.45) is -2.73. The van der Waals surface area contributed by atoms with E-state index in [0.29, 0.717) is 31.0 Å². The van der Waals surface area contributed by atoms with Crippen LogP contribution in [0.2, 0.25) is 0 Å². The molecule has 1 aromatic heterocycles. The number of aromatic nitrogens is 3. The highest BCUT2D eigenvalue weighted by Gasteiger charge is 2.34. The smallest absolute Gasteiger partial charge is 0.418 e. The number of hydrogen-bond acceptors (Lipinski definition) is 5. The maximum Gasteiger partial charge on any atom is 0.418 e. The van der Waals surface area contributed by atoms with Crippen molar-refractivity contribution in [2.45, 2.75) is 19.1 Å².